The van der Waals surface area contributed by atoms with Crippen LogP contribution < -0.4 is 0 Å². The Morgan fingerprint density at radius 1 is 1.00 bits per heavy atom. The van der Waals surface area contributed by atoms with Gasteiger partial charge in [0.25, 0.3) is 0 Å². The molecule has 2 heterocycles. The molecule has 2 aliphatic heterocycles. The maximum absolute atomic E-state index is 5.47. The lowest BCUT2D eigenvalue weighted by Crippen LogP contribution is -2.19. The van der Waals surface area contributed by atoms with E-state index in [1.807, 2.05) is 0 Å². The number of hydrogen-bond acceptors (Lipinski definition) is 2. The third kappa shape index (κ3) is 5.27. The van der Waals surface area contributed by atoms with Crippen LogP contribution >= 0.6 is 0 Å². The molecule has 0 aromatic rings. The molecule has 2 heteroatoms. The molecule has 0 N–H and O–H groups in total. The molecule has 2 rings (SSSR count). The van der Waals surface area contributed by atoms with Gasteiger partial charge in [0.05, 0.1) is 23.9 Å². The van der Waals surface area contributed by atoms with Crippen LogP contribution in [-0.4, -0.2) is 23.9 Å². The number of hydrogen-bond donors (Lipinski definition) is 0. The van der Waals surface area contributed by atoms with Crippen LogP contribution in [0.4, 0.5) is 0 Å². The van der Waals surface area contributed by atoms with Crippen LogP contribution in [0, 0.1) is 10.8 Å². The van der Waals surface area contributed by atoms with Gasteiger partial charge in [-0.25, -0.2) is 0 Å². The summed E-state index contributed by atoms with van der Waals surface area (Å²) in [5.41, 5.74) is 1.13. The Balaban J connectivity index is 0.000000180. The molecule has 0 bridgehead atoms. The van der Waals surface area contributed by atoms with Gasteiger partial charge in [0, 0.05) is 0 Å². The highest BCUT2D eigenvalue weighted by molar-refractivity contribution is 5.01. The predicted molar refractivity (Wildman–Crippen MR) is 76.8 cm³/mol. The summed E-state index contributed by atoms with van der Waals surface area (Å²) < 4.78 is 10.7. The van der Waals surface area contributed by atoms with Crippen molar-refractivity contribution in [1.29, 1.82) is 0 Å². The van der Waals surface area contributed by atoms with Gasteiger partial charge in [-0.05, 0) is 38.0 Å². The van der Waals surface area contributed by atoms with E-state index in [4.69, 9.17) is 9.47 Å². The molecular formula is C16H32O2. The van der Waals surface area contributed by atoms with Crippen LogP contribution in [0.1, 0.15) is 68.7 Å². The van der Waals surface area contributed by atoms with Crippen LogP contribution in [0.25, 0.3) is 0 Å². The van der Waals surface area contributed by atoms with Gasteiger partial charge in [-0.2, -0.15) is 0 Å². The maximum Gasteiger partial charge on any atom is 0.0916 e. The highest BCUT2D eigenvalue weighted by Gasteiger charge is 2.54. The second kappa shape index (κ2) is 4.49. The highest BCUT2D eigenvalue weighted by Crippen LogP contribution is 2.46. The lowest BCUT2D eigenvalue weighted by Gasteiger charge is -2.20. The zero-order valence-corrected chi connectivity index (χ0v) is 13.8. The summed E-state index contributed by atoms with van der Waals surface area (Å²) in [6, 6.07) is 0. The van der Waals surface area contributed by atoms with Crippen molar-refractivity contribution in [3.8, 4) is 0 Å². The maximum atomic E-state index is 5.47. The van der Waals surface area contributed by atoms with Gasteiger partial charge in [0.2, 0.25) is 0 Å². The Morgan fingerprint density at radius 2 is 1.39 bits per heavy atom. The molecule has 0 amide bonds. The summed E-state index contributed by atoms with van der Waals surface area (Å²) in [5, 5.41) is 0. The first-order valence-electron chi connectivity index (χ1n) is 7.07. The van der Waals surface area contributed by atoms with E-state index in [0.717, 1.165) is 6.61 Å². The average Bonchev–Trinajstić information content (AvgIpc) is 2.88. The molecule has 2 saturated heterocycles. The molecule has 0 aromatic carbocycles. The van der Waals surface area contributed by atoms with Gasteiger partial charge >= 0.3 is 0 Å². The van der Waals surface area contributed by atoms with E-state index >= 15 is 0 Å². The number of ether oxygens (including phenoxy) is 2. The summed E-state index contributed by atoms with van der Waals surface area (Å²) in [7, 11) is 0. The topological polar surface area (TPSA) is 25.1 Å². The molecule has 2 aliphatic rings. The zero-order chi connectivity index (χ0) is 14.4. The average molecular weight is 256 g/mol. The molecule has 108 valence electrons. The molecule has 2 unspecified atom stereocenters. The van der Waals surface area contributed by atoms with Crippen molar-refractivity contribution >= 4 is 0 Å². The van der Waals surface area contributed by atoms with E-state index in [1.165, 1.54) is 6.42 Å². The van der Waals surface area contributed by atoms with Crippen LogP contribution in [-0.2, 0) is 9.47 Å². The molecular weight excluding hydrogens is 224 g/mol. The smallest absolute Gasteiger partial charge is 0.0916 e. The summed E-state index contributed by atoms with van der Waals surface area (Å²) in [6.45, 7) is 20.8. The third-order valence-corrected chi connectivity index (χ3v) is 3.32. The summed E-state index contributed by atoms with van der Waals surface area (Å²) in [4.78, 5) is 0. The standard InChI is InChI=1S/2C8H16O/c1-7(2,3)6-8(4,5)9-6;1-7(2,3)5-8(4)6-9-8/h6H,1-5H3;5-6H2,1-4H3. The fraction of sp³-hybridized carbons (Fsp3) is 1.00. The minimum atomic E-state index is 0.151. The van der Waals surface area contributed by atoms with E-state index < -0.39 is 0 Å². The monoisotopic (exact) mass is 256 g/mol. The van der Waals surface area contributed by atoms with Gasteiger partial charge in [0.1, 0.15) is 0 Å². The largest absolute Gasteiger partial charge is 0.370 e. The van der Waals surface area contributed by atoms with E-state index in [-0.39, 0.29) is 11.2 Å². The van der Waals surface area contributed by atoms with E-state index in [1.54, 1.807) is 0 Å². The lowest BCUT2D eigenvalue weighted by molar-refractivity contribution is 0.230. The highest BCUT2D eigenvalue weighted by atomic mass is 16.6. The summed E-state index contributed by atoms with van der Waals surface area (Å²) >= 11 is 0. The van der Waals surface area contributed by atoms with Crippen molar-refractivity contribution in [3.05, 3.63) is 0 Å². The van der Waals surface area contributed by atoms with E-state index in [0.29, 0.717) is 16.9 Å². The Bertz CT molecular complexity index is 281. The third-order valence-electron chi connectivity index (χ3n) is 3.32. The van der Waals surface area contributed by atoms with Gasteiger partial charge < -0.3 is 9.47 Å². The minimum Gasteiger partial charge on any atom is -0.370 e. The quantitative estimate of drug-likeness (QED) is 0.649. The van der Waals surface area contributed by atoms with Gasteiger partial charge in [-0.3, -0.25) is 0 Å². The normalized spacial score (nSPS) is 33.5. The van der Waals surface area contributed by atoms with Crippen molar-refractivity contribution in [2.24, 2.45) is 10.8 Å². The first kappa shape index (κ1) is 16.0. The minimum absolute atomic E-state index is 0.151. The zero-order valence-electron chi connectivity index (χ0n) is 13.8. The van der Waals surface area contributed by atoms with Gasteiger partial charge in [-0.1, -0.05) is 41.5 Å². The molecule has 2 atom stereocenters. The predicted octanol–water partition coefficient (Wildman–Crippen LogP) is 4.42. The molecule has 18 heavy (non-hydrogen) atoms. The summed E-state index contributed by atoms with van der Waals surface area (Å²) in [5.74, 6) is 0. The summed E-state index contributed by atoms with van der Waals surface area (Å²) in [6.07, 6.45) is 1.64. The second-order valence-corrected chi connectivity index (χ2v) is 8.94. The Labute approximate surface area is 113 Å². The molecule has 2 nitrogen and oxygen atoms in total. The Kier molecular flexibility index (Phi) is 3.98. The van der Waals surface area contributed by atoms with Crippen molar-refractivity contribution in [2.45, 2.75) is 86.0 Å². The Hall–Kier alpha value is -0.0800. The molecule has 0 saturated carbocycles. The molecule has 0 aliphatic carbocycles. The first-order chi connectivity index (χ1) is 7.75. The fourth-order valence-electron chi connectivity index (χ4n) is 2.84. The van der Waals surface area contributed by atoms with Crippen LogP contribution in [0.5, 0.6) is 0 Å². The number of epoxide rings is 2. The van der Waals surface area contributed by atoms with E-state index in [9.17, 15) is 0 Å². The number of rotatable bonds is 1. The molecule has 0 spiro atoms. The lowest BCUT2D eigenvalue weighted by atomic mass is 9.86. The van der Waals surface area contributed by atoms with Crippen molar-refractivity contribution in [3.63, 3.8) is 0 Å². The van der Waals surface area contributed by atoms with Crippen LogP contribution in [0.2, 0.25) is 0 Å². The van der Waals surface area contributed by atoms with Gasteiger partial charge in [-0.15, -0.1) is 0 Å². The van der Waals surface area contributed by atoms with Crippen LogP contribution in [0.15, 0.2) is 0 Å². The van der Waals surface area contributed by atoms with E-state index in [2.05, 4.69) is 62.3 Å². The van der Waals surface area contributed by atoms with Gasteiger partial charge in [0.15, 0.2) is 0 Å². The molecule has 2 fully saturated rings. The van der Waals surface area contributed by atoms with Crippen molar-refractivity contribution in [2.75, 3.05) is 6.61 Å². The first-order valence-corrected chi connectivity index (χ1v) is 7.07. The fourth-order valence-corrected chi connectivity index (χ4v) is 2.84. The second-order valence-electron chi connectivity index (χ2n) is 8.94. The van der Waals surface area contributed by atoms with Crippen LogP contribution in [0.3, 0.4) is 0 Å². The molecule has 0 radical (unpaired) electrons. The molecule has 0 aromatic heterocycles. The van der Waals surface area contributed by atoms with Crippen molar-refractivity contribution in [1.82, 2.24) is 0 Å². The SMILES string of the molecule is CC(C)(C)C1OC1(C)C.CC(C)(C)CC1(C)CO1. The van der Waals surface area contributed by atoms with Crippen molar-refractivity contribution < 1.29 is 9.47 Å². The Morgan fingerprint density at radius 3 is 1.44 bits per heavy atom.